The number of rotatable bonds is 9. The van der Waals surface area contributed by atoms with Crippen molar-refractivity contribution < 1.29 is 4.39 Å². The molecule has 18 rings (SSSR count). The summed E-state index contributed by atoms with van der Waals surface area (Å²) in [6, 6.07) is 87.3. The zero-order valence-corrected chi connectivity index (χ0v) is 47.7. The Kier molecular flexibility index (Phi) is 11.3. The lowest BCUT2D eigenvalue weighted by Crippen LogP contribution is -2.16. The number of fused-ring (bicyclic) bond motifs is 12. The van der Waals surface area contributed by atoms with E-state index in [0.717, 1.165) is 143 Å². The lowest BCUT2D eigenvalue weighted by Gasteiger charge is -2.29. The minimum Gasteiger partial charge on any atom is -0.306 e. The molecule has 0 fully saturated rings. The van der Waals surface area contributed by atoms with E-state index in [1.165, 1.54) is 0 Å². The summed E-state index contributed by atoms with van der Waals surface area (Å²) in [4.78, 5) is 18.3. The summed E-state index contributed by atoms with van der Waals surface area (Å²) in [7, 11) is 0. The Hall–Kier alpha value is -12.1. The van der Waals surface area contributed by atoms with E-state index in [9.17, 15) is 0 Å². The fraction of sp³-hybridized carbons (Fsp3) is 0. The van der Waals surface area contributed by atoms with Crippen LogP contribution >= 0.6 is 0 Å². The van der Waals surface area contributed by atoms with Crippen LogP contribution in [0.3, 0.4) is 0 Å². The first kappa shape index (κ1) is 50.3. The summed E-state index contributed by atoms with van der Waals surface area (Å²) in [5, 5.41) is 8.03. The van der Waals surface area contributed by atoms with Crippen molar-refractivity contribution in [3.63, 3.8) is 0 Å². The SMILES string of the molecule is Fc1c(-n2c3ccccc3c3ccccc32)c(-n2c3ccc(-c4cccnc4)cc3c3cc(-c4cccnc4)ccc32)c(-c2ccccc2)c(-n2c3ccc(-c4cccnc4)cc3c3cc(-c4cccnc4)ccc32)c1-n1c2ccccc2c2ccccc21. The van der Waals surface area contributed by atoms with Crippen LogP contribution in [0.4, 0.5) is 4.39 Å². The molecule has 89 heavy (non-hydrogen) atoms. The van der Waals surface area contributed by atoms with Gasteiger partial charge in [0.1, 0.15) is 11.4 Å². The van der Waals surface area contributed by atoms with E-state index in [1.54, 1.807) is 24.8 Å². The van der Waals surface area contributed by atoms with Crippen molar-refractivity contribution in [2.24, 2.45) is 0 Å². The Balaban J connectivity index is 1.11. The highest BCUT2D eigenvalue weighted by molar-refractivity contribution is 6.18. The van der Waals surface area contributed by atoms with E-state index < -0.39 is 5.82 Å². The van der Waals surface area contributed by atoms with Gasteiger partial charge < -0.3 is 18.3 Å². The van der Waals surface area contributed by atoms with Crippen LogP contribution < -0.4 is 0 Å². The molecule has 10 aromatic carbocycles. The monoisotopic (exact) mass is 1140 g/mol. The van der Waals surface area contributed by atoms with Crippen molar-refractivity contribution in [3.05, 3.63) is 304 Å². The molecule has 0 bridgehead atoms. The van der Waals surface area contributed by atoms with Gasteiger partial charge in [-0.25, -0.2) is 4.39 Å². The van der Waals surface area contributed by atoms with Crippen LogP contribution in [0.25, 0.3) is 166 Å². The van der Waals surface area contributed by atoms with Gasteiger partial charge in [0.2, 0.25) is 0 Å². The van der Waals surface area contributed by atoms with Gasteiger partial charge in [0, 0.05) is 120 Å². The van der Waals surface area contributed by atoms with Gasteiger partial charge in [-0.05, 0) is 125 Å². The number of hydrogen-bond donors (Lipinski definition) is 0. The molecule has 0 aliphatic rings. The maximum Gasteiger partial charge on any atom is 0.175 e. The first-order valence-corrected chi connectivity index (χ1v) is 29.8. The average molecular weight is 1140 g/mol. The Morgan fingerprint density at radius 3 is 0.764 bits per heavy atom. The predicted molar refractivity (Wildman–Crippen MR) is 362 cm³/mol. The van der Waals surface area contributed by atoms with Crippen molar-refractivity contribution in [2.75, 3.05) is 0 Å². The molecule has 0 saturated carbocycles. The first-order chi connectivity index (χ1) is 44.1. The van der Waals surface area contributed by atoms with Crippen molar-refractivity contribution in [3.8, 4) is 78.4 Å². The van der Waals surface area contributed by atoms with Crippen molar-refractivity contribution in [1.82, 2.24) is 38.2 Å². The molecule has 8 heterocycles. The first-order valence-electron chi connectivity index (χ1n) is 29.8. The van der Waals surface area contributed by atoms with E-state index in [0.29, 0.717) is 22.7 Å². The number of aromatic nitrogens is 8. The molecule has 0 aliphatic heterocycles. The highest BCUT2D eigenvalue weighted by Crippen LogP contribution is 2.52. The second kappa shape index (κ2) is 20.0. The zero-order valence-electron chi connectivity index (χ0n) is 47.7. The third-order valence-corrected chi connectivity index (χ3v) is 18.0. The minimum absolute atomic E-state index is 0.395. The minimum atomic E-state index is -0.407. The van der Waals surface area contributed by atoms with Gasteiger partial charge >= 0.3 is 0 Å². The fourth-order valence-electron chi connectivity index (χ4n) is 14.1. The number of para-hydroxylation sites is 4. The van der Waals surface area contributed by atoms with Crippen molar-refractivity contribution in [2.45, 2.75) is 0 Å². The number of nitrogens with zero attached hydrogens (tertiary/aromatic N) is 8. The smallest absolute Gasteiger partial charge is 0.175 e. The summed E-state index contributed by atoms with van der Waals surface area (Å²) in [6.45, 7) is 0. The normalized spacial score (nSPS) is 11.9. The standard InChI is InChI=1S/C80H49FN8/c81-76-79(88-67-26-8-4-22-59(67)60-23-5-9-27-68(60)88)77(86-71-34-30-51(55-18-12-38-82-46-55)42-63(71)64-43-52(31-35-72(64)86)56-19-13-39-83-47-56)75(50-16-2-1-3-17-50)78(80(76)89-69-28-10-6-24-61(69)62-25-7-11-29-70(62)89)87-73-36-32-53(57-20-14-40-84-48-57)44-65(73)66-45-54(33-37-74(66)87)58-21-15-41-85-49-58/h1-49H. The van der Waals surface area contributed by atoms with Crippen molar-refractivity contribution >= 4 is 87.2 Å². The summed E-state index contributed by atoms with van der Waals surface area (Å²) >= 11 is 0. The van der Waals surface area contributed by atoms with Gasteiger partial charge in [0.25, 0.3) is 0 Å². The highest BCUT2D eigenvalue weighted by atomic mass is 19.1. The number of halogens is 1. The molecule has 9 heteroatoms. The summed E-state index contributed by atoms with van der Waals surface area (Å²) in [5.74, 6) is -0.407. The highest BCUT2D eigenvalue weighted by Gasteiger charge is 2.35. The van der Waals surface area contributed by atoms with E-state index >= 15 is 4.39 Å². The van der Waals surface area contributed by atoms with Crippen LogP contribution in [0.5, 0.6) is 0 Å². The molecule has 0 aliphatic carbocycles. The van der Waals surface area contributed by atoms with Crippen LogP contribution in [0.15, 0.2) is 298 Å². The summed E-state index contributed by atoms with van der Waals surface area (Å²) < 4.78 is 30.6. The Morgan fingerprint density at radius 1 is 0.213 bits per heavy atom. The molecule has 0 radical (unpaired) electrons. The Morgan fingerprint density at radius 2 is 0.472 bits per heavy atom. The summed E-state index contributed by atoms with van der Waals surface area (Å²) in [5.41, 5.74) is 18.9. The molecular weight excluding hydrogens is 1090 g/mol. The lowest BCUT2D eigenvalue weighted by molar-refractivity contribution is 0.612. The van der Waals surface area contributed by atoms with Gasteiger partial charge in [0.05, 0.1) is 55.5 Å². The van der Waals surface area contributed by atoms with Gasteiger partial charge in [-0.15, -0.1) is 0 Å². The van der Waals surface area contributed by atoms with E-state index in [-0.39, 0.29) is 0 Å². The molecule has 0 atom stereocenters. The molecule has 416 valence electrons. The van der Waals surface area contributed by atoms with Gasteiger partial charge in [-0.1, -0.05) is 152 Å². The zero-order chi connectivity index (χ0) is 58.7. The topological polar surface area (TPSA) is 71.3 Å². The molecule has 0 amide bonds. The van der Waals surface area contributed by atoms with Crippen LogP contribution in [0, 0.1) is 5.82 Å². The molecule has 0 saturated heterocycles. The van der Waals surface area contributed by atoms with Crippen LogP contribution in [0.2, 0.25) is 0 Å². The molecule has 0 N–H and O–H groups in total. The third kappa shape index (κ3) is 7.72. The van der Waals surface area contributed by atoms with Gasteiger partial charge in [-0.2, -0.15) is 0 Å². The molecule has 8 nitrogen and oxygen atoms in total. The van der Waals surface area contributed by atoms with E-state index in [4.69, 9.17) is 0 Å². The van der Waals surface area contributed by atoms with E-state index in [1.807, 2.05) is 49.1 Å². The number of pyridine rings is 4. The maximum absolute atomic E-state index is 21.6. The number of hydrogen-bond acceptors (Lipinski definition) is 4. The number of benzene rings is 10. The Labute approximate surface area is 509 Å². The third-order valence-electron chi connectivity index (χ3n) is 18.0. The van der Waals surface area contributed by atoms with Gasteiger partial charge in [0.15, 0.2) is 5.82 Å². The van der Waals surface area contributed by atoms with Crippen LogP contribution in [-0.4, -0.2) is 38.2 Å². The largest absolute Gasteiger partial charge is 0.306 e. The quantitative estimate of drug-likeness (QED) is 0.144. The summed E-state index contributed by atoms with van der Waals surface area (Å²) in [6.07, 6.45) is 14.9. The van der Waals surface area contributed by atoms with Crippen LogP contribution in [-0.2, 0) is 0 Å². The van der Waals surface area contributed by atoms with Gasteiger partial charge in [-0.3, -0.25) is 19.9 Å². The Bertz CT molecular complexity index is 5210. The lowest BCUT2D eigenvalue weighted by atomic mass is 9.96. The van der Waals surface area contributed by atoms with Crippen LogP contribution in [0.1, 0.15) is 0 Å². The second-order valence-corrected chi connectivity index (χ2v) is 22.8. The van der Waals surface area contributed by atoms with Crippen molar-refractivity contribution in [1.29, 1.82) is 0 Å². The van der Waals surface area contributed by atoms with E-state index in [2.05, 4.69) is 263 Å². The second-order valence-electron chi connectivity index (χ2n) is 22.8. The average Bonchev–Trinajstić information content (AvgIpc) is 1.64. The molecule has 0 unspecified atom stereocenters. The maximum atomic E-state index is 21.6. The molecule has 18 aromatic rings. The molecular formula is C80H49FN8. The fourth-order valence-corrected chi connectivity index (χ4v) is 14.1. The molecule has 0 spiro atoms. The predicted octanol–water partition coefficient (Wildman–Crippen LogP) is 20.1. The molecule has 8 aromatic heterocycles.